The van der Waals surface area contributed by atoms with Crippen LogP contribution >= 0.6 is 15.9 Å². The predicted octanol–water partition coefficient (Wildman–Crippen LogP) is 2.62. The second-order valence-electron chi connectivity index (χ2n) is 5.90. The van der Waals surface area contributed by atoms with Gasteiger partial charge in [0.15, 0.2) is 0 Å². The number of nitrogens with one attached hydrogen (secondary N) is 2. The number of halogens is 1. The van der Waals surface area contributed by atoms with Gasteiger partial charge < -0.3 is 10.6 Å². The first-order valence-corrected chi connectivity index (χ1v) is 8.88. The Kier molecular flexibility index (Phi) is 6.59. The minimum Gasteiger partial charge on any atom is -0.356 e. The fraction of sp³-hybridized carbons (Fsp3) is 0.529. The Morgan fingerprint density at radius 2 is 2.22 bits per heavy atom. The summed E-state index contributed by atoms with van der Waals surface area (Å²) in [7, 11) is 0. The van der Waals surface area contributed by atoms with Crippen molar-refractivity contribution in [1.29, 1.82) is 0 Å². The van der Waals surface area contributed by atoms with E-state index in [4.69, 9.17) is 0 Å². The van der Waals surface area contributed by atoms with Crippen LogP contribution in [0.3, 0.4) is 0 Å². The Balaban J connectivity index is 1.94. The number of anilines is 1. The molecule has 6 heteroatoms. The fourth-order valence-electron chi connectivity index (χ4n) is 2.87. The van der Waals surface area contributed by atoms with Gasteiger partial charge in [-0.2, -0.15) is 0 Å². The number of nitrogens with zero attached hydrogens (tertiary/aromatic N) is 1. The number of carbonyl (C=O) groups is 2. The number of carbonyl (C=O) groups excluding carboxylic acids is 2. The van der Waals surface area contributed by atoms with Crippen molar-refractivity contribution in [1.82, 2.24) is 10.2 Å². The molecule has 2 amide bonds. The molecule has 0 aliphatic carbocycles. The molecule has 5 nitrogen and oxygen atoms in total. The molecular weight excluding hydrogens is 358 g/mol. The number of hydrogen-bond donors (Lipinski definition) is 2. The molecule has 2 N–H and O–H groups in total. The Morgan fingerprint density at radius 1 is 1.43 bits per heavy atom. The summed E-state index contributed by atoms with van der Waals surface area (Å²) in [5.74, 6) is 0.0290. The zero-order valence-electron chi connectivity index (χ0n) is 13.6. The summed E-state index contributed by atoms with van der Waals surface area (Å²) < 4.78 is 0.928. The van der Waals surface area contributed by atoms with Gasteiger partial charge in [-0.15, -0.1) is 0 Å². The van der Waals surface area contributed by atoms with E-state index in [2.05, 4.69) is 31.5 Å². The van der Waals surface area contributed by atoms with Gasteiger partial charge in [0.1, 0.15) is 0 Å². The van der Waals surface area contributed by atoms with Crippen LogP contribution in [0.15, 0.2) is 28.7 Å². The van der Waals surface area contributed by atoms with E-state index in [0.717, 1.165) is 29.5 Å². The van der Waals surface area contributed by atoms with Crippen molar-refractivity contribution in [2.75, 3.05) is 25.0 Å². The van der Waals surface area contributed by atoms with Crippen LogP contribution in [0.5, 0.6) is 0 Å². The normalized spacial score (nSPS) is 19.9. The van der Waals surface area contributed by atoms with Crippen molar-refractivity contribution >= 4 is 33.4 Å². The third-order valence-electron chi connectivity index (χ3n) is 4.19. The maximum absolute atomic E-state index is 12.5. The molecule has 1 saturated heterocycles. The van der Waals surface area contributed by atoms with E-state index in [1.165, 1.54) is 0 Å². The van der Waals surface area contributed by atoms with Crippen molar-refractivity contribution in [3.05, 3.63) is 28.7 Å². The van der Waals surface area contributed by atoms with E-state index >= 15 is 0 Å². The molecule has 126 valence electrons. The first kappa shape index (κ1) is 17.9. The van der Waals surface area contributed by atoms with Crippen LogP contribution < -0.4 is 10.6 Å². The number of hydrogen-bond acceptors (Lipinski definition) is 3. The van der Waals surface area contributed by atoms with Crippen molar-refractivity contribution in [3.8, 4) is 0 Å². The number of rotatable bonds is 5. The topological polar surface area (TPSA) is 61.4 Å². The van der Waals surface area contributed by atoms with Gasteiger partial charge in [-0.3, -0.25) is 14.5 Å². The molecule has 0 aromatic heterocycles. The lowest BCUT2D eigenvalue weighted by Gasteiger charge is -2.35. The maximum Gasteiger partial charge on any atom is 0.241 e. The molecule has 1 aliphatic rings. The average molecular weight is 382 g/mol. The van der Waals surface area contributed by atoms with Crippen LogP contribution in [0, 0.1) is 5.92 Å². The average Bonchev–Trinajstić information content (AvgIpc) is 2.54. The summed E-state index contributed by atoms with van der Waals surface area (Å²) in [5, 5.41) is 5.82. The summed E-state index contributed by atoms with van der Waals surface area (Å²) in [6.45, 7) is 5.95. The molecule has 0 bridgehead atoms. The van der Waals surface area contributed by atoms with Crippen molar-refractivity contribution in [2.24, 2.45) is 5.92 Å². The van der Waals surface area contributed by atoms with Crippen LogP contribution in [-0.4, -0.2) is 42.4 Å². The molecule has 1 aliphatic heterocycles. The Bertz CT molecular complexity index is 565. The number of benzene rings is 1. The van der Waals surface area contributed by atoms with Crippen LogP contribution in [0.25, 0.3) is 0 Å². The van der Waals surface area contributed by atoms with Gasteiger partial charge in [-0.25, -0.2) is 0 Å². The molecule has 23 heavy (non-hydrogen) atoms. The van der Waals surface area contributed by atoms with E-state index < -0.39 is 0 Å². The molecule has 1 fully saturated rings. The molecule has 0 spiro atoms. The van der Waals surface area contributed by atoms with Gasteiger partial charge in [-0.05, 0) is 51.4 Å². The number of piperidine rings is 1. The Labute approximate surface area is 145 Å². The standard InChI is InChI=1S/C17H24BrN3O2/c1-3-19-17(23)13-6-5-9-21(11-13)12(2)16(22)20-15-8-4-7-14(18)10-15/h4,7-8,10,12-13H,3,5-6,9,11H2,1-2H3,(H,19,23)(H,20,22). The summed E-state index contributed by atoms with van der Waals surface area (Å²) in [5.41, 5.74) is 0.772. The molecule has 2 unspecified atom stereocenters. The molecule has 1 aromatic rings. The zero-order valence-corrected chi connectivity index (χ0v) is 15.2. The number of likely N-dealkylation sites (tertiary alicyclic amines) is 1. The largest absolute Gasteiger partial charge is 0.356 e. The predicted molar refractivity (Wildman–Crippen MR) is 95.2 cm³/mol. The Morgan fingerprint density at radius 3 is 2.91 bits per heavy atom. The smallest absolute Gasteiger partial charge is 0.241 e. The highest BCUT2D eigenvalue weighted by Gasteiger charge is 2.30. The summed E-state index contributed by atoms with van der Waals surface area (Å²) in [6.07, 6.45) is 1.83. The summed E-state index contributed by atoms with van der Waals surface area (Å²) in [6, 6.07) is 7.28. The van der Waals surface area contributed by atoms with Gasteiger partial charge in [0.2, 0.25) is 11.8 Å². The fourth-order valence-corrected chi connectivity index (χ4v) is 3.27. The highest BCUT2D eigenvalue weighted by atomic mass is 79.9. The highest BCUT2D eigenvalue weighted by molar-refractivity contribution is 9.10. The SMILES string of the molecule is CCNC(=O)C1CCCN(C(C)C(=O)Nc2cccc(Br)c2)C1. The summed E-state index contributed by atoms with van der Waals surface area (Å²) in [4.78, 5) is 26.6. The molecule has 1 aromatic carbocycles. The molecule has 0 saturated carbocycles. The second kappa shape index (κ2) is 8.45. The van der Waals surface area contributed by atoms with E-state index in [-0.39, 0.29) is 23.8 Å². The second-order valence-corrected chi connectivity index (χ2v) is 6.82. The first-order valence-electron chi connectivity index (χ1n) is 8.09. The van der Waals surface area contributed by atoms with E-state index in [0.29, 0.717) is 13.1 Å². The third-order valence-corrected chi connectivity index (χ3v) is 4.69. The zero-order chi connectivity index (χ0) is 16.8. The third kappa shape index (κ3) is 5.04. The molecular formula is C17H24BrN3O2. The number of amides is 2. The van der Waals surface area contributed by atoms with Crippen LogP contribution in [0.4, 0.5) is 5.69 Å². The quantitative estimate of drug-likeness (QED) is 0.823. The minimum atomic E-state index is -0.258. The van der Waals surface area contributed by atoms with Gasteiger partial charge >= 0.3 is 0 Å². The van der Waals surface area contributed by atoms with Gasteiger partial charge in [0, 0.05) is 23.2 Å². The maximum atomic E-state index is 12.5. The first-order chi connectivity index (χ1) is 11.0. The van der Waals surface area contributed by atoms with Crippen LogP contribution in [-0.2, 0) is 9.59 Å². The van der Waals surface area contributed by atoms with Crippen LogP contribution in [0.2, 0.25) is 0 Å². The lowest BCUT2D eigenvalue weighted by Crippen LogP contribution is -2.50. The van der Waals surface area contributed by atoms with E-state index in [1.807, 2.05) is 38.1 Å². The van der Waals surface area contributed by atoms with E-state index in [9.17, 15) is 9.59 Å². The summed E-state index contributed by atoms with van der Waals surface area (Å²) >= 11 is 3.40. The highest BCUT2D eigenvalue weighted by Crippen LogP contribution is 2.20. The lowest BCUT2D eigenvalue weighted by atomic mass is 9.96. The van der Waals surface area contributed by atoms with Gasteiger partial charge in [0.05, 0.1) is 12.0 Å². The van der Waals surface area contributed by atoms with E-state index in [1.54, 1.807) is 0 Å². The van der Waals surface area contributed by atoms with Crippen LogP contribution in [0.1, 0.15) is 26.7 Å². The molecule has 1 heterocycles. The van der Waals surface area contributed by atoms with Gasteiger partial charge in [-0.1, -0.05) is 22.0 Å². The minimum absolute atomic E-state index is 0.0233. The van der Waals surface area contributed by atoms with Gasteiger partial charge in [0.25, 0.3) is 0 Å². The molecule has 0 radical (unpaired) electrons. The Hall–Kier alpha value is -1.40. The molecule has 2 atom stereocenters. The monoisotopic (exact) mass is 381 g/mol. The molecule has 2 rings (SSSR count). The van der Waals surface area contributed by atoms with Crippen molar-refractivity contribution in [3.63, 3.8) is 0 Å². The lowest BCUT2D eigenvalue weighted by molar-refractivity contribution is -0.129. The van der Waals surface area contributed by atoms with Crippen molar-refractivity contribution < 1.29 is 9.59 Å². The van der Waals surface area contributed by atoms with Crippen molar-refractivity contribution in [2.45, 2.75) is 32.7 Å².